The molecule has 2 N–H and O–H groups in total. The van der Waals surface area contributed by atoms with E-state index < -0.39 is 11.8 Å². The minimum atomic E-state index is -0.647. The van der Waals surface area contributed by atoms with Gasteiger partial charge in [-0.2, -0.15) is 0 Å². The average Bonchev–Trinajstić information content (AvgIpc) is 2.55. The summed E-state index contributed by atoms with van der Waals surface area (Å²) in [6.45, 7) is 7.70. The fourth-order valence-corrected chi connectivity index (χ4v) is 2.77. The average molecular weight is 318 g/mol. The Morgan fingerprint density at radius 1 is 1.26 bits per heavy atom. The number of amides is 2. The smallest absolute Gasteiger partial charge is 0.313 e. The lowest BCUT2D eigenvalue weighted by atomic mass is 10.1. The molecule has 1 saturated heterocycles. The molecule has 1 aliphatic heterocycles. The summed E-state index contributed by atoms with van der Waals surface area (Å²) in [5, 5.41) is 5.30. The van der Waals surface area contributed by atoms with Crippen LogP contribution in [-0.4, -0.2) is 47.9 Å². The van der Waals surface area contributed by atoms with Gasteiger partial charge in [0.2, 0.25) is 0 Å². The number of carbonyl (C=O) groups is 2. The van der Waals surface area contributed by atoms with Crippen molar-refractivity contribution in [2.24, 2.45) is 5.92 Å². The second-order valence-electron chi connectivity index (χ2n) is 6.32. The number of hydrogen-bond acceptors (Lipinski definition) is 4. The highest BCUT2D eigenvalue weighted by Gasteiger charge is 2.17. The fourth-order valence-electron chi connectivity index (χ4n) is 2.77. The number of anilines is 1. The molecule has 0 bridgehead atoms. The molecule has 0 radical (unpaired) electrons. The van der Waals surface area contributed by atoms with E-state index in [0.29, 0.717) is 18.2 Å². The molecule has 126 valence electrons. The second-order valence-corrected chi connectivity index (χ2v) is 6.32. The molecule has 1 aromatic rings. The van der Waals surface area contributed by atoms with E-state index in [4.69, 9.17) is 0 Å². The van der Waals surface area contributed by atoms with Gasteiger partial charge in [0.1, 0.15) is 0 Å². The lowest BCUT2D eigenvalue weighted by Crippen LogP contribution is -2.41. The number of nitrogens with zero attached hydrogens (tertiary/aromatic N) is 2. The summed E-state index contributed by atoms with van der Waals surface area (Å²) in [6, 6.07) is 1.79. The van der Waals surface area contributed by atoms with Crippen molar-refractivity contribution in [2.75, 3.05) is 31.5 Å². The molecular weight excluding hydrogens is 292 g/mol. The normalized spacial score (nSPS) is 16.6. The fraction of sp³-hybridized carbons (Fsp3) is 0.588. The number of likely N-dealkylation sites (tertiary alicyclic amines) is 1. The number of nitrogens with one attached hydrogen (secondary N) is 2. The summed E-state index contributed by atoms with van der Waals surface area (Å²) in [5.74, 6) is -0.921. The van der Waals surface area contributed by atoms with Crippen molar-refractivity contribution >= 4 is 17.5 Å². The van der Waals surface area contributed by atoms with Gasteiger partial charge < -0.3 is 15.5 Å². The molecule has 1 aromatic heterocycles. The van der Waals surface area contributed by atoms with E-state index in [1.54, 1.807) is 18.5 Å². The van der Waals surface area contributed by atoms with Gasteiger partial charge in [0.05, 0.1) is 11.9 Å². The Labute approximate surface area is 137 Å². The van der Waals surface area contributed by atoms with Crippen molar-refractivity contribution in [3.05, 3.63) is 24.0 Å². The van der Waals surface area contributed by atoms with Gasteiger partial charge in [0.15, 0.2) is 0 Å². The summed E-state index contributed by atoms with van der Waals surface area (Å²) >= 11 is 0. The SMILES string of the molecule is Cc1ccncc1NC(=O)C(=O)NCC(C)CN1CCCCC1. The van der Waals surface area contributed by atoms with Gasteiger partial charge in [-0.3, -0.25) is 14.6 Å². The van der Waals surface area contributed by atoms with Crippen LogP contribution in [0.15, 0.2) is 18.5 Å². The molecule has 1 unspecified atom stereocenters. The Morgan fingerprint density at radius 2 is 2.00 bits per heavy atom. The van der Waals surface area contributed by atoms with Crippen LogP contribution in [0.1, 0.15) is 31.7 Å². The quantitative estimate of drug-likeness (QED) is 0.808. The van der Waals surface area contributed by atoms with E-state index in [1.165, 1.54) is 19.3 Å². The maximum Gasteiger partial charge on any atom is 0.313 e. The van der Waals surface area contributed by atoms with E-state index >= 15 is 0 Å². The zero-order valence-corrected chi connectivity index (χ0v) is 14.0. The van der Waals surface area contributed by atoms with Crippen LogP contribution in [0.3, 0.4) is 0 Å². The van der Waals surface area contributed by atoms with Crippen molar-refractivity contribution in [2.45, 2.75) is 33.1 Å². The predicted octanol–water partition coefficient (Wildman–Crippen LogP) is 1.57. The Hall–Kier alpha value is -1.95. The van der Waals surface area contributed by atoms with Gasteiger partial charge in [0.25, 0.3) is 0 Å². The molecule has 23 heavy (non-hydrogen) atoms. The molecule has 0 aliphatic carbocycles. The first kappa shape index (κ1) is 17.4. The van der Waals surface area contributed by atoms with Crippen LogP contribution in [-0.2, 0) is 9.59 Å². The number of pyridine rings is 1. The first-order chi connectivity index (χ1) is 11.1. The minimum Gasteiger partial charge on any atom is -0.348 e. The Morgan fingerprint density at radius 3 is 2.70 bits per heavy atom. The monoisotopic (exact) mass is 318 g/mol. The second kappa shape index (κ2) is 8.62. The Kier molecular flexibility index (Phi) is 6.52. The summed E-state index contributed by atoms with van der Waals surface area (Å²) in [4.78, 5) is 30.2. The minimum absolute atomic E-state index is 0.324. The van der Waals surface area contributed by atoms with Crippen molar-refractivity contribution < 1.29 is 9.59 Å². The Bertz CT molecular complexity index is 541. The van der Waals surface area contributed by atoms with E-state index in [0.717, 1.165) is 25.2 Å². The first-order valence-corrected chi connectivity index (χ1v) is 8.28. The lowest BCUT2D eigenvalue weighted by molar-refractivity contribution is -0.136. The predicted molar refractivity (Wildman–Crippen MR) is 90.1 cm³/mol. The molecule has 1 fully saturated rings. The lowest BCUT2D eigenvalue weighted by Gasteiger charge is -2.29. The molecule has 1 aliphatic rings. The van der Waals surface area contributed by atoms with Crippen LogP contribution in [0.2, 0.25) is 0 Å². The van der Waals surface area contributed by atoms with E-state index in [-0.39, 0.29) is 0 Å². The van der Waals surface area contributed by atoms with Crippen LogP contribution in [0, 0.1) is 12.8 Å². The number of rotatable bonds is 5. The molecule has 1 atom stereocenters. The molecule has 0 aromatic carbocycles. The van der Waals surface area contributed by atoms with Gasteiger partial charge in [-0.25, -0.2) is 0 Å². The van der Waals surface area contributed by atoms with E-state index in [1.807, 2.05) is 6.92 Å². The third kappa shape index (κ3) is 5.63. The standard InChI is InChI=1S/C17H26N4O2/c1-13(12-21-8-4-3-5-9-21)10-19-16(22)17(23)20-15-11-18-7-6-14(15)2/h6-7,11,13H,3-5,8-10,12H2,1-2H3,(H,19,22)(H,20,23). The molecule has 0 spiro atoms. The van der Waals surface area contributed by atoms with Gasteiger partial charge in [-0.05, 0) is 50.4 Å². The maximum absolute atomic E-state index is 11.9. The molecule has 2 amide bonds. The number of carbonyl (C=O) groups excluding carboxylic acids is 2. The molecular formula is C17H26N4O2. The number of aromatic nitrogens is 1. The number of aryl methyl sites for hydroxylation is 1. The third-order valence-corrected chi connectivity index (χ3v) is 4.12. The molecule has 2 heterocycles. The van der Waals surface area contributed by atoms with Crippen molar-refractivity contribution in [3.8, 4) is 0 Å². The summed E-state index contributed by atoms with van der Waals surface area (Å²) in [7, 11) is 0. The molecule has 6 nitrogen and oxygen atoms in total. The van der Waals surface area contributed by atoms with Gasteiger partial charge in [-0.1, -0.05) is 13.3 Å². The highest BCUT2D eigenvalue weighted by molar-refractivity contribution is 6.39. The zero-order valence-electron chi connectivity index (χ0n) is 14.0. The topological polar surface area (TPSA) is 74.3 Å². The first-order valence-electron chi connectivity index (χ1n) is 8.28. The third-order valence-electron chi connectivity index (χ3n) is 4.12. The summed E-state index contributed by atoms with van der Waals surface area (Å²) in [5.41, 5.74) is 1.44. The largest absolute Gasteiger partial charge is 0.348 e. The van der Waals surface area contributed by atoms with Crippen LogP contribution >= 0.6 is 0 Å². The van der Waals surface area contributed by atoms with Gasteiger partial charge >= 0.3 is 11.8 Å². The summed E-state index contributed by atoms with van der Waals surface area (Å²) < 4.78 is 0. The van der Waals surface area contributed by atoms with E-state index in [2.05, 4.69) is 27.4 Å². The number of hydrogen-bond donors (Lipinski definition) is 2. The van der Waals surface area contributed by atoms with Gasteiger partial charge in [-0.15, -0.1) is 0 Å². The van der Waals surface area contributed by atoms with Gasteiger partial charge in [0, 0.05) is 19.3 Å². The van der Waals surface area contributed by atoms with Crippen LogP contribution < -0.4 is 10.6 Å². The number of piperidine rings is 1. The van der Waals surface area contributed by atoms with Crippen molar-refractivity contribution in [1.82, 2.24) is 15.2 Å². The maximum atomic E-state index is 11.9. The summed E-state index contributed by atoms with van der Waals surface area (Å²) in [6.07, 6.45) is 7.01. The van der Waals surface area contributed by atoms with E-state index in [9.17, 15) is 9.59 Å². The van der Waals surface area contributed by atoms with Crippen LogP contribution in [0.5, 0.6) is 0 Å². The molecule has 0 saturated carbocycles. The Balaban J connectivity index is 1.73. The zero-order chi connectivity index (χ0) is 16.7. The molecule has 6 heteroatoms. The van der Waals surface area contributed by atoms with Crippen molar-refractivity contribution in [1.29, 1.82) is 0 Å². The highest BCUT2D eigenvalue weighted by Crippen LogP contribution is 2.11. The molecule has 2 rings (SSSR count). The highest BCUT2D eigenvalue weighted by atomic mass is 16.2. The van der Waals surface area contributed by atoms with Crippen molar-refractivity contribution in [3.63, 3.8) is 0 Å². The van der Waals surface area contributed by atoms with Crippen LogP contribution in [0.4, 0.5) is 5.69 Å². The van der Waals surface area contributed by atoms with Crippen LogP contribution in [0.25, 0.3) is 0 Å².